The summed E-state index contributed by atoms with van der Waals surface area (Å²) < 4.78 is 0. The van der Waals surface area contributed by atoms with E-state index in [0.29, 0.717) is 0 Å². The van der Waals surface area contributed by atoms with Crippen LogP contribution in [0, 0.1) is 6.42 Å². The van der Waals surface area contributed by atoms with Crippen molar-refractivity contribution in [1.29, 1.82) is 0 Å². The van der Waals surface area contributed by atoms with Crippen LogP contribution in [-0.4, -0.2) is 0 Å². The minimum Gasteiger partial charge on any atom is -0.0622 e. The van der Waals surface area contributed by atoms with E-state index in [9.17, 15) is 0 Å². The quantitative estimate of drug-likeness (QED) is 0.457. The molecular formula is C24H25. The number of benzene rings is 3. The predicted octanol–water partition coefficient (Wildman–Crippen LogP) is 5.85. The molecule has 3 aromatic rings. The van der Waals surface area contributed by atoms with Crippen LogP contribution in [0.3, 0.4) is 0 Å². The van der Waals surface area contributed by atoms with Gasteiger partial charge in [0.2, 0.25) is 0 Å². The molecule has 0 atom stereocenters. The van der Waals surface area contributed by atoms with Gasteiger partial charge in [0.15, 0.2) is 0 Å². The Bertz CT molecular complexity index is 713. The summed E-state index contributed by atoms with van der Waals surface area (Å²) in [7, 11) is 0. The molecule has 0 N–H and O–H groups in total. The summed E-state index contributed by atoms with van der Waals surface area (Å²) in [5.41, 5.74) is 5.71. The third-order valence-corrected chi connectivity index (χ3v) is 4.40. The fourth-order valence-electron chi connectivity index (χ4n) is 3.03. The number of rotatable bonds is 8. The average molecular weight is 313 g/mol. The second kappa shape index (κ2) is 9.08. The lowest BCUT2D eigenvalue weighted by Gasteiger charge is -2.06. The zero-order chi connectivity index (χ0) is 16.5. The van der Waals surface area contributed by atoms with Gasteiger partial charge in [-0.1, -0.05) is 84.9 Å². The van der Waals surface area contributed by atoms with E-state index >= 15 is 0 Å². The molecule has 0 saturated heterocycles. The maximum absolute atomic E-state index is 2.39. The van der Waals surface area contributed by atoms with Crippen LogP contribution < -0.4 is 0 Å². The maximum Gasteiger partial charge on any atom is -0.0238 e. The lowest BCUT2D eigenvalue weighted by atomic mass is 9.99. The summed E-state index contributed by atoms with van der Waals surface area (Å²) in [6.07, 6.45) is 7.96. The third-order valence-electron chi connectivity index (χ3n) is 4.40. The van der Waals surface area contributed by atoms with E-state index in [-0.39, 0.29) is 0 Å². The van der Waals surface area contributed by atoms with Crippen molar-refractivity contribution in [2.75, 3.05) is 0 Å². The Hall–Kier alpha value is -2.34. The van der Waals surface area contributed by atoms with E-state index in [1.807, 2.05) is 0 Å². The molecule has 0 bridgehead atoms. The van der Waals surface area contributed by atoms with Gasteiger partial charge in [0, 0.05) is 0 Å². The van der Waals surface area contributed by atoms with E-state index < -0.39 is 0 Å². The van der Waals surface area contributed by atoms with E-state index in [2.05, 4.69) is 91.3 Å². The van der Waals surface area contributed by atoms with Crippen LogP contribution in [0.4, 0.5) is 0 Å². The molecule has 0 aliphatic heterocycles. The first-order valence-corrected chi connectivity index (χ1v) is 8.87. The van der Waals surface area contributed by atoms with Crippen molar-refractivity contribution in [3.63, 3.8) is 0 Å². The van der Waals surface area contributed by atoms with Crippen LogP contribution in [0.5, 0.6) is 0 Å². The number of aryl methyl sites for hydroxylation is 3. The zero-order valence-corrected chi connectivity index (χ0v) is 14.2. The highest BCUT2D eigenvalue weighted by Gasteiger charge is 1.99. The molecule has 121 valence electrons. The molecule has 0 amide bonds. The van der Waals surface area contributed by atoms with Crippen molar-refractivity contribution in [3.05, 3.63) is 114 Å². The molecule has 0 aliphatic carbocycles. The molecule has 0 unspecified atom stereocenters. The van der Waals surface area contributed by atoms with Gasteiger partial charge in [0.05, 0.1) is 0 Å². The topological polar surface area (TPSA) is 0 Å². The van der Waals surface area contributed by atoms with Crippen LogP contribution >= 0.6 is 0 Å². The van der Waals surface area contributed by atoms with Crippen molar-refractivity contribution in [1.82, 2.24) is 0 Å². The molecule has 3 rings (SSSR count). The van der Waals surface area contributed by atoms with Crippen LogP contribution in [-0.2, 0) is 25.7 Å². The zero-order valence-electron chi connectivity index (χ0n) is 14.2. The summed E-state index contributed by atoms with van der Waals surface area (Å²) in [5.74, 6) is 0. The minimum atomic E-state index is 1.06. The van der Waals surface area contributed by atoms with Gasteiger partial charge in [0.1, 0.15) is 0 Å². The van der Waals surface area contributed by atoms with E-state index in [1.165, 1.54) is 22.3 Å². The SMILES string of the molecule is [CH](CCc1cccc(CCc2ccccc2)c1)Cc1ccccc1. The van der Waals surface area contributed by atoms with Gasteiger partial charge in [-0.05, 0) is 60.8 Å². The first-order chi connectivity index (χ1) is 11.9. The molecule has 3 aromatic carbocycles. The van der Waals surface area contributed by atoms with Crippen LogP contribution in [0.1, 0.15) is 28.7 Å². The Labute approximate surface area is 146 Å². The van der Waals surface area contributed by atoms with Gasteiger partial charge in [-0.15, -0.1) is 0 Å². The predicted molar refractivity (Wildman–Crippen MR) is 103 cm³/mol. The Morgan fingerprint density at radius 1 is 0.500 bits per heavy atom. The second-order valence-electron chi connectivity index (χ2n) is 6.32. The van der Waals surface area contributed by atoms with Crippen LogP contribution in [0.15, 0.2) is 84.9 Å². The smallest absolute Gasteiger partial charge is 0.0238 e. The summed E-state index contributed by atoms with van der Waals surface area (Å²) >= 11 is 0. The van der Waals surface area contributed by atoms with Gasteiger partial charge < -0.3 is 0 Å². The lowest BCUT2D eigenvalue weighted by molar-refractivity contribution is 0.885. The molecule has 0 heteroatoms. The standard InChI is InChI=1S/C24H25/c1-3-10-21(11-4-1)14-7-8-15-23-16-9-17-24(20-23)19-18-22-12-5-2-6-13-22/h1-7,9-13,16-17,20H,8,14-15,18-19H2. The molecule has 0 fully saturated rings. The molecule has 0 aliphatic rings. The fraction of sp³-hybridized carbons (Fsp3) is 0.208. The Morgan fingerprint density at radius 3 is 1.75 bits per heavy atom. The van der Waals surface area contributed by atoms with Crippen LogP contribution in [0.2, 0.25) is 0 Å². The molecule has 24 heavy (non-hydrogen) atoms. The van der Waals surface area contributed by atoms with Gasteiger partial charge in [-0.3, -0.25) is 0 Å². The molecule has 0 heterocycles. The van der Waals surface area contributed by atoms with Gasteiger partial charge in [-0.2, -0.15) is 0 Å². The first-order valence-electron chi connectivity index (χ1n) is 8.87. The van der Waals surface area contributed by atoms with Gasteiger partial charge >= 0.3 is 0 Å². The van der Waals surface area contributed by atoms with Crippen molar-refractivity contribution < 1.29 is 0 Å². The van der Waals surface area contributed by atoms with Gasteiger partial charge in [-0.25, -0.2) is 0 Å². The molecule has 1 radical (unpaired) electrons. The average Bonchev–Trinajstić information content (AvgIpc) is 2.66. The Kier molecular flexibility index (Phi) is 6.25. The normalized spacial score (nSPS) is 10.7. The molecule has 0 aromatic heterocycles. The molecule has 0 nitrogen and oxygen atoms in total. The summed E-state index contributed by atoms with van der Waals surface area (Å²) in [4.78, 5) is 0. The monoisotopic (exact) mass is 313 g/mol. The Morgan fingerprint density at radius 2 is 1.04 bits per heavy atom. The highest BCUT2D eigenvalue weighted by Crippen LogP contribution is 2.13. The van der Waals surface area contributed by atoms with Crippen molar-refractivity contribution in [2.24, 2.45) is 0 Å². The van der Waals surface area contributed by atoms with E-state index in [1.54, 1.807) is 0 Å². The van der Waals surface area contributed by atoms with Crippen molar-refractivity contribution >= 4 is 0 Å². The minimum absolute atomic E-state index is 1.06. The summed E-state index contributed by atoms with van der Waals surface area (Å²) in [5, 5.41) is 0. The van der Waals surface area contributed by atoms with Crippen molar-refractivity contribution in [3.8, 4) is 0 Å². The molecular weight excluding hydrogens is 288 g/mol. The van der Waals surface area contributed by atoms with E-state index in [4.69, 9.17) is 0 Å². The molecule has 0 spiro atoms. The largest absolute Gasteiger partial charge is 0.0622 e. The van der Waals surface area contributed by atoms with Crippen LogP contribution in [0.25, 0.3) is 0 Å². The fourth-order valence-corrected chi connectivity index (χ4v) is 3.03. The second-order valence-corrected chi connectivity index (χ2v) is 6.32. The highest BCUT2D eigenvalue weighted by molar-refractivity contribution is 5.26. The first kappa shape index (κ1) is 16.5. The van der Waals surface area contributed by atoms with Gasteiger partial charge in [0.25, 0.3) is 0 Å². The summed E-state index contributed by atoms with van der Waals surface area (Å²) in [6, 6.07) is 30.5. The highest BCUT2D eigenvalue weighted by atomic mass is 14.0. The maximum atomic E-state index is 2.39. The summed E-state index contributed by atoms with van der Waals surface area (Å²) in [6.45, 7) is 0. The van der Waals surface area contributed by atoms with E-state index in [0.717, 1.165) is 32.1 Å². The number of hydrogen-bond acceptors (Lipinski definition) is 0. The van der Waals surface area contributed by atoms with Crippen molar-refractivity contribution in [2.45, 2.75) is 32.1 Å². The number of hydrogen-bond donors (Lipinski definition) is 0. The third kappa shape index (κ3) is 5.38. The molecule has 0 saturated carbocycles. The Balaban J connectivity index is 1.45. The lowest BCUT2D eigenvalue weighted by Crippen LogP contribution is -1.94. The number of unbranched alkanes of at least 4 members (excludes halogenated alkanes) is 1.